The Labute approximate surface area is 145 Å². The molecule has 0 unspecified atom stereocenters. The molecule has 8 heteroatoms. The summed E-state index contributed by atoms with van der Waals surface area (Å²) < 4.78 is 29.4. The van der Waals surface area contributed by atoms with Gasteiger partial charge in [0.2, 0.25) is 0 Å². The number of aryl methyl sites for hydroxylation is 2. The minimum Gasteiger partial charge on any atom is -0.263 e. The molecular weight excluding hydrogens is 338 g/mol. The van der Waals surface area contributed by atoms with E-state index in [0.29, 0.717) is 5.82 Å². The molecule has 1 N–H and O–H groups in total. The number of fused-ring (bicyclic) bond motifs is 1. The van der Waals surface area contributed by atoms with Crippen molar-refractivity contribution in [1.29, 1.82) is 0 Å². The lowest BCUT2D eigenvalue weighted by atomic mass is 9.92. The highest BCUT2D eigenvalue weighted by atomic mass is 32.2. The van der Waals surface area contributed by atoms with Gasteiger partial charge in [-0.2, -0.15) is 5.10 Å². The number of aromatic nitrogens is 4. The second-order valence-electron chi connectivity index (χ2n) is 5.96. The van der Waals surface area contributed by atoms with Gasteiger partial charge in [-0.25, -0.2) is 23.1 Å². The van der Waals surface area contributed by atoms with Crippen LogP contribution in [0.2, 0.25) is 0 Å². The number of hydrogen-bond donors (Lipinski definition) is 1. The van der Waals surface area contributed by atoms with Gasteiger partial charge in [-0.1, -0.05) is 6.07 Å². The summed E-state index contributed by atoms with van der Waals surface area (Å²) in [5.74, 6) is 0.696. The molecule has 2 aromatic heterocycles. The number of sulfonamides is 1. The zero-order valence-electron chi connectivity index (χ0n) is 13.5. The maximum absolute atomic E-state index is 12.7. The first-order valence-corrected chi connectivity index (χ1v) is 9.57. The van der Waals surface area contributed by atoms with Gasteiger partial charge in [0.25, 0.3) is 10.0 Å². The molecule has 4 rings (SSSR count). The molecule has 0 amide bonds. The molecule has 0 bridgehead atoms. The third-order valence-corrected chi connectivity index (χ3v) is 5.61. The van der Waals surface area contributed by atoms with E-state index in [9.17, 15) is 8.42 Å². The van der Waals surface area contributed by atoms with Gasteiger partial charge in [0.05, 0.1) is 4.90 Å². The van der Waals surface area contributed by atoms with Crippen molar-refractivity contribution in [2.45, 2.75) is 30.6 Å². The SMILES string of the molecule is O=S(=O)(Nc1cc(-n2cccn2)ncn1)c1ccc2c(c1)CCCC2. The highest BCUT2D eigenvalue weighted by Crippen LogP contribution is 2.25. The first kappa shape index (κ1) is 15.8. The molecule has 0 saturated carbocycles. The summed E-state index contributed by atoms with van der Waals surface area (Å²) >= 11 is 0. The number of benzene rings is 1. The minimum absolute atomic E-state index is 0.207. The second-order valence-corrected chi connectivity index (χ2v) is 7.64. The van der Waals surface area contributed by atoms with E-state index in [0.717, 1.165) is 31.2 Å². The van der Waals surface area contributed by atoms with Crippen LogP contribution in [-0.2, 0) is 22.9 Å². The largest absolute Gasteiger partial charge is 0.263 e. The first-order chi connectivity index (χ1) is 12.1. The molecule has 128 valence electrons. The Morgan fingerprint density at radius 1 is 1.04 bits per heavy atom. The molecular formula is C17H17N5O2S. The van der Waals surface area contributed by atoms with E-state index in [2.05, 4.69) is 19.8 Å². The highest BCUT2D eigenvalue weighted by Gasteiger charge is 2.18. The van der Waals surface area contributed by atoms with Gasteiger partial charge in [-0.15, -0.1) is 0 Å². The molecule has 7 nitrogen and oxygen atoms in total. The summed E-state index contributed by atoms with van der Waals surface area (Å²) in [6.45, 7) is 0. The molecule has 0 saturated heterocycles. The minimum atomic E-state index is -3.70. The maximum Gasteiger partial charge on any atom is 0.263 e. The van der Waals surface area contributed by atoms with Gasteiger partial charge in [0.15, 0.2) is 5.82 Å². The van der Waals surface area contributed by atoms with Gasteiger partial charge in [-0.05, 0) is 55.0 Å². The Bertz CT molecular complexity index is 1000. The van der Waals surface area contributed by atoms with Crippen LogP contribution in [0.5, 0.6) is 0 Å². The highest BCUT2D eigenvalue weighted by molar-refractivity contribution is 7.92. The molecule has 1 aliphatic carbocycles. The monoisotopic (exact) mass is 355 g/mol. The standard InChI is InChI=1S/C17H17N5O2S/c23-25(24,15-7-6-13-4-1-2-5-14(13)10-15)21-16-11-17(19-12-18-16)22-9-3-8-20-22/h3,6-12H,1-2,4-5H2,(H,18,19,21). The van der Waals surface area contributed by atoms with E-state index in [4.69, 9.17) is 0 Å². The van der Waals surface area contributed by atoms with Crippen LogP contribution in [0.4, 0.5) is 5.82 Å². The van der Waals surface area contributed by atoms with E-state index in [-0.39, 0.29) is 10.7 Å². The topological polar surface area (TPSA) is 89.8 Å². The summed E-state index contributed by atoms with van der Waals surface area (Å²) in [6, 6.07) is 8.65. The van der Waals surface area contributed by atoms with Crippen molar-refractivity contribution in [1.82, 2.24) is 19.7 Å². The molecule has 3 aromatic rings. The first-order valence-electron chi connectivity index (χ1n) is 8.08. The fraction of sp³-hybridized carbons (Fsp3) is 0.235. The molecule has 0 spiro atoms. The smallest absolute Gasteiger partial charge is 0.263 e. The lowest BCUT2D eigenvalue weighted by molar-refractivity contribution is 0.600. The lowest BCUT2D eigenvalue weighted by Crippen LogP contribution is -2.15. The van der Waals surface area contributed by atoms with Crippen LogP contribution in [0.15, 0.2) is 53.9 Å². The maximum atomic E-state index is 12.7. The van der Waals surface area contributed by atoms with Crippen LogP contribution >= 0.6 is 0 Å². The van der Waals surface area contributed by atoms with E-state index in [1.54, 1.807) is 41.3 Å². The zero-order valence-corrected chi connectivity index (χ0v) is 14.3. The predicted octanol–water partition coefficient (Wildman–Crippen LogP) is 2.34. The van der Waals surface area contributed by atoms with Gasteiger partial charge in [-0.3, -0.25) is 4.72 Å². The van der Waals surface area contributed by atoms with Crippen molar-refractivity contribution < 1.29 is 8.42 Å². The summed E-state index contributed by atoms with van der Waals surface area (Å²) in [5.41, 5.74) is 2.36. The zero-order chi connectivity index (χ0) is 17.3. The summed E-state index contributed by atoms with van der Waals surface area (Å²) in [6.07, 6.45) is 8.86. The molecule has 0 fully saturated rings. The predicted molar refractivity (Wildman–Crippen MR) is 93.0 cm³/mol. The van der Waals surface area contributed by atoms with Crippen molar-refractivity contribution in [2.24, 2.45) is 0 Å². The molecule has 2 heterocycles. The molecule has 0 atom stereocenters. The Balaban J connectivity index is 1.62. The van der Waals surface area contributed by atoms with Crippen LogP contribution in [0.25, 0.3) is 5.82 Å². The van der Waals surface area contributed by atoms with E-state index in [1.807, 2.05) is 6.07 Å². The van der Waals surface area contributed by atoms with Gasteiger partial charge < -0.3 is 0 Å². The summed E-state index contributed by atoms with van der Waals surface area (Å²) in [4.78, 5) is 8.36. The van der Waals surface area contributed by atoms with Crippen LogP contribution in [0, 0.1) is 0 Å². The fourth-order valence-electron chi connectivity index (χ4n) is 3.01. The summed E-state index contributed by atoms with van der Waals surface area (Å²) in [7, 11) is -3.70. The number of nitrogens with one attached hydrogen (secondary N) is 1. The third-order valence-electron chi connectivity index (χ3n) is 4.26. The fourth-order valence-corrected chi connectivity index (χ4v) is 4.06. The molecule has 25 heavy (non-hydrogen) atoms. The lowest BCUT2D eigenvalue weighted by Gasteiger charge is -2.17. The Kier molecular flexibility index (Phi) is 3.96. The van der Waals surface area contributed by atoms with Crippen LogP contribution in [0.1, 0.15) is 24.0 Å². The summed E-state index contributed by atoms with van der Waals surface area (Å²) in [5, 5.41) is 4.08. The van der Waals surface area contributed by atoms with E-state index in [1.165, 1.54) is 11.9 Å². The van der Waals surface area contributed by atoms with Crippen molar-refractivity contribution in [3.8, 4) is 5.82 Å². The van der Waals surface area contributed by atoms with Crippen molar-refractivity contribution in [2.75, 3.05) is 4.72 Å². The molecule has 0 radical (unpaired) electrons. The van der Waals surface area contributed by atoms with E-state index < -0.39 is 10.0 Å². The number of hydrogen-bond acceptors (Lipinski definition) is 5. The van der Waals surface area contributed by atoms with Crippen LogP contribution in [-0.4, -0.2) is 28.2 Å². The van der Waals surface area contributed by atoms with E-state index >= 15 is 0 Å². The molecule has 1 aromatic carbocycles. The Hall–Kier alpha value is -2.74. The van der Waals surface area contributed by atoms with Crippen molar-refractivity contribution in [3.05, 3.63) is 60.2 Å². The second kappa shape index (κ2) is 6.29. The molecule has 1 aliphatic rings. The normalized spacial score (nSPS) is 14.1. The van der Waals surface area contributed by atoms with Gasteiger partial charge in [0.1, 0.15) is 12.1 Å². The third kappa shape index (κ3) is 3.25. The number of rotatable bonds is 4. The Morgan fingerprint density at radius 3 is 2.68 bits per heavy atom. The quantitative estimate of drug-likeness (QED) is 0.776. The molecule has 0 aliphatic heterocycles. The Morgan fingerprint density at radius 2 is 1.88 bits per heavy atom. The van der Waals surface area contributed by atoms with Crippen LogP contribution in [0.3, 0.4) is 0 Å². The number of anilines is 1. The van der Waals surface area contributed by atoms with Gasteiger partial charge >= 0.3 is 0 Å². The van der Waals surface area contributed by atoms with Gasteiger partial charge in [0, 0.05) is 18.5 Å². The van der Waals surface area contributed by atoms with Crippen LogP contribution < -0.4 is 4.72 Å². The van der Waals surface area contributed by atoms with Crippen molar-refractivity contribution in [3.63, 3.8) is 0 Å². The number of nitrogens with zero attached hydrogens (tertiary/aromatic N) is 4. The average Bonchev–Trinajstić information content (AvgIpc) is 3.16. The average molecular weight is 355 g/mol. The van der Waals surface area contributed by atoms with Crippen molar-refractivity contribution >= 4 is 15.8 Å².